The van der Waals surface area contributed by atoms with Gasteiger partial charge in [-0.15, -0.1) is 0 Å². The van der Waals surface area contributed by atoms with Gasteiger partial charge >= 0.3 is 0 Å². The van der Waals surface area contributed by atoms with Gasteiger partial charge in [0.25, 0.3) is 0 Å². The largest absolute Gasteiger partial charge is 0.308 e. The Balaban J connectivity index is 0.000000144. The lowest BCUT2D eigenvalue weighted by atomic mass is 10.8. The highest BCUT2D eigenvalue weighted by atomic mass is 15.2. The number of hydrogen-bond donors (Lipinski definition) is 4. The maximum Gasteiger partial charge on any atom is 0.0474 e. The van der Waals surface area contributed by atoms with Crippen LogP contribution in [0, 0.1) is 0 Å². The predicted octanol–water partition coefficient (Wildman–Crippen LogP) is -1.52. The molecular formula is C5H16N4. The van der Waals surface area contributed by atoms with E-state index < -0.39 is 0 Å². The van der Waals surface area contributed by atoms with Crippen LogP contribution in [-0.4, -0.2) is 34.1 Å². The number of rotatable bonds is 2. The lowest BCUT2D eigenvalue weighted by molar-refractivity contribution is 0.443. The molecule has 1 aliphatic heterocycles. The Kier molecular flexibility index (Phi) is 7.70. The molecule has 1 aliphatic rings. The molecule has 0 aromatic rings. The Morgan fingerprint density at radius 3 is 1.44 bits per heavy atom. The van der Waals surface area contributed by atoms with Crippen molar-refractivity contribution in [3.8, 4) is 0 Å². The lowest BCUT2D eigenvalue weighted by Gasteiger charge is -2.13. The molecule has 0 unspecified atom stereocenters. The second-order valence-corrected chi connectivity index (χ2v) is 1.74. The normalized spacial score (nSPS) is 15.3. The Bertz CT molecular complexity index is 38.2. The maximum absolute atomic E-state index is 3.00. The third-order valence-electron chi connectivity index (χ3n) is 0.854. The van der Waals surface area contributed by atoms with Crippen LogP contribution in [0.5, 0.6) is 0 Å². The lowest BCUT2D eigenvalue weighted by Crippen LogP contribution is -2.47. The summed E-state index contributed by atoms with van der Waals surface area (Å²) in [4.78, 5) is 0. The van der Waals surface area contributed by atoms with Crippen molar-refractivity contribution in [2.24, 2.45) is 0 Å². The molecule has 0 aromatic carbocycles. The van der Waals surface area contributed by atoms with E-state index in [2.05, 4.69) is 21.3 Å². The average molecular weight is 132 g/mol. The summed E-state index contributed by atoms with van der Waals surface area (Å²) >= 11 is 0. The topological polar surface area (TPSA) is 48.1 Å². The van der Waals surface area contributed by atoms with E-state index in [4.69, 9.17) is 0 Å². The average Bonchev–Trinajstić information content (AvgIpc) is 1.63. The summed E-state index contributed by atoms with van der Waals surface area (Å²) in [5.74, 6) is 0. The smallest absolute Gasteiger partial charge is 0.0474 e. The van der Waals surface area contributed by atoms with E-state index in [0.29, 0.717) is 0 Å². The third-order valence-corrected chi connectivity index (χ3v) is 0.854. The molecule has 0 bridgehead atoms. The summed E-state index contributed by atoms with van der Waals surface area (Å²) < 4.78 is 0. The molecule has 0 aliphatic carbocycles. The monoisotopic (exact) mass is 132 g/mol. The zero-order valence-electron chi connectivity index (χ0n) is 6.12. The first-order valence-electron chi connectivity index (χ1n) is 3.12. The molecule has 1 fully saturated rings. The van der Waals surface area contributed by atoms with Crippen LogP contribution in [0.2, 0.25) is 0 Å². The molecule has 4 N–H and O–H groups in total. The van der Waals surface area contributed by atoms with E-state index in [1.54, 1.807) is 0 Å². The van der Waals surface area contributed by atoms with Crippen molar-refractivity contribution >= 4 is 0 Å². The van der Waals surface area contributed by atoms with Crippen molar-refractivity contribution in [2.75, 3.05) is 34.1 Å². The molecule has 0 amide bonds. The molecule has 1 heterocycles. The third kappa shape index (κ3) is 7.84. The molecular weight excluding hydrogens is 116 g/mol. The molecule has 0 radical (unpaired) electrons. The molecule has 9 heavy (non-hydrogen) atoms. The van der Waals surface area contributed by atoms with Crippen molar-refractivity contribution in [3.05, 3.63) is 0 Å². The molecule has 1 saturated heterocycles. The minimum atomic E-state index is 0.889. The zero-order valence-corrected chi connectivity index (χ0v) is 6.12. The maximum atomic E-state index is 3.00. The van der Waals surface area contributed by atoms with Gasteiger partial charge in [0.15, 0.2) is 0 Å². The van der Waals surface area contributed by atoms with Crippen LogP contribution in [0.25, 0.3) is 0 Å². The summed E-state index contributed by atoms with van der Waals surface area (Å²) in [7, 11) is 3.80. The van der Waals surface area contributed by atoms with Gasteiger partial charge in [0, 0.05) is 20.0 Å². The van der Waals surface area contributed by atoms with Crippen molar-refractivity contribution in [2.45, 2.75) is 0 Å². The minimum Gasteiger partial charge on any atom is -0.308 e. The predicted molar refractivity (Wildman–Crippen MR) is 39.0 cm³/mol. The van der Waals surface area contributed by atoms with E-state index in [1.165, 1.54) is 0 Å². The Morgan fingerprint density at radius 1 is 1.11 bits per heavy atom. The molecule has 0 atom stereocenters. The highest BCUT2D eigenvalue weighted by molar-refractivity contribution is 4.48. The van der Waals surface area contributed by atoms with Crippen LogP contribution in [0.3, 0.4) is 0 Å². The number of hydrogen-bond acceptors (Lipinski definition) is 4. The van der Waals surface area contributed by atoms with Crippen LogP contribution in [0.4, 0.5) is 0 Å². The van der Waals surface area contributed by atoms with Crippen LogP contribution < -0.4 is 21.3 Å². The second kappa shape index (κ2) is 7.84. The Labute approximate surface area is 56.4 Å². The fourth-order valence-electron chi connectivity index (χ4n) is 0.302. The van der Waals surface area contributed by atoms with E-state index in [0.717, 1.165) is 20.0 Å². The van der Waals surface area contributed by atoms with Gasteiger partial charge in [-0.3, -0.25) is 10.6 Å². The molecule has 0 aromatic heterocycles. The van der Waals surface area contributed by atoms with Gasteiger partial charge in [-0.25, -0.2) is 0 Å². The Hall–Kier alpha value is -0.160. The van der Waals surface area contributed by atoms with E-state index >= 15 is 0 Å². The van der Waals surface area contributed by atoms with Crippen LogP contribution in [-0.2, 0) is 0 Å². The van der Waals surface area contributed by atoms with Crippen molar-refractivity contribution in [1.82, 2.24) is 21.3 Å². The van der Waals surface area contributed by atoms with Crippen molar-refractivity contribution < 1.29 is 0 Å². The highest BCUT2D eigenvalue weighted by Gasteiger charge is 1.89. The Morgan fingerprint density at radius 2 is 1.44 bits per heavy atom. The van der Waals surface area contributed by atoms with Gasteiger partial charge in [-0.2, -0.15) is 0 Å². The van der Waals surface area contributed by atoms with Crippen LogP contribution in [0.15, 0.2) is 0 Å². The summed E-state index contributed by atoms with van der Waals surface area (Å²) in [6.45, 7) is 2.89. The molecule has 56 valence electrons. The fraction of sp³-hybridized carbons (Fsp3) is 1.00. The van der Waals surface area contributed by atoms with Crippen LogP contribution >= 0.6 is 0 Å². The first-order chi connectivity index (χ1) is 4.41. The van der Waals surface area contributed by atoms with Gasteiger partial charge in [-0.1, -0.05) is 0 Å². The second-order valence-electron chi connectivity index (χ2n) is 1.74. The van der Waals surface area contributed by atoms with E-state index in [-0.39, 0.29) is 0 Å². The highest BCUT2D eigenvalue weighted by Crippen LogP contribution is 1.56. The van der Waals surface area contributed by atoms with Gasteiger partial charge in [0.05, 0.1) is 0 Å². The first-order valence-corrected chi connectivity index (χ1v) is 3.12. The zero-order chi connectivity index (χ0) is 6.95. The first kappa shape index (κ1) is 8.84. The quantitative estimate of drug-likeness (QED) is 0.345. The van der Waals surface area contributed by atoms with Gasteiger partial charge < -0.3 is 10.6 Å². The molecule has 4 heteroatoms. The van der Waals surface area contributed by atoms with Gasteiger partial charge in [0.2, 0.25) is 0 Å². The van der Waals surface area contributed by atoms with Crippen molar-refractivity contribution in [3.63, 3.8) is 0 Å². The number of nitrogens with one attached hydrogen (secondary N) is 4. The summed E-state index contributed by atoms with van der Waals surface area (Å²) in [5, 5.41) is 11.8. The SMILES string of the molecule is C1NCN1.CNCNC. The molecule has 1 rings (SSSR count). The summed E-state index contributed by atoms with van der Waals surface area (Å²) in [6.07, 6.45) is 0. The molecule has 0 saturated carbocycles. The molecule has 4 nitrogen and oxygen atoms in total. The van der Waals surface area contributed by atoms with Gasteiger partial charge in [-0.05, 0) is 14.1 Å². The van der Waals surface area contributed by atoms with Gasteiger partial charge in [0.1, 0.15) is 0 Å². The standard InChI is InChI=1S/C3H10N2.C2H6N2/c1-4-3-5-2;1-3-2-4-1/h4-5H,3H2,1-2H3;3-4H,1-2H2. The van der Waals surface area contributed by atoms with Crippen molar-refractivity contribution in [1.29, 1.82) is 0 Å². The van der Waals surface area contributed by atoms with E-state index in [1.807, 2.05) is 14.1 Å². The minimum absolute atomic E-state index is 0.889. The van der Waals surface area contributed by atoms with E-state index in [9.17, 15) is 0 Å². The van der Waals surface area contributed by atoms with Crippen LogP contribution in [0.1, 0.15) is 0 Å². The summed E-state index contributed by atoms with van der Waals surface area (Å²) in [6, 6.07) is 0. The fourth-order valence-corrected chi connectivity index (χ4v) is 0.302. The molecule has 0 spiro atoms. The summed E-state index contributed by atoms with van der Waals surface area (Å²) in [5.41, 5.74) is 0.